The fourth-order valence-corrected chi connectivity index (χ4v) is 3.70. The summed E-state index contributed by atoms with van der Waals surface area (Å²) in [4.78, 5) is 14.2. The molecule has 0 aliphatic rings. The first-order valence-corrected chi connectivity index (χ1v) is 10.7. The van der Waals surface area contributed by atoms with Crippen LogP contribution in [0.2, 0.25) is 0 Å². The number of benzene rings is 2. The summed E-state index contributed by atoms with van der Waals surface area (Å²) in [5, 5.41) is 0. The van der Waals surface area contributed by atoms with Crippen molar-refractivity contribution in [2.45, 2.75) is 19.8 Å². The quantitative estimate of drug-likeness (QED) is 0.659. The molecular formula is C20H25FN2O3S. The molecule has 1 amide bonds. The van der Waals surface area contributed by atoms with Crippen molar-refractivity contribution in [3.8, 4) is 0 Å². The zero-order valence-electron chi connectivity index (χ0n) is 15.6. The molecule has 0 bridgehead atoms. The van der Waals surface area contributed by atoms with Gasteiger partial charge in [0.1, 0.15) is 5.82 Å². The summed E-state index contributed by atoms with van der Waals surface area (Å²) in [5.41, 5.74) is 1.24. The third kappa shape index (κ3) is 6.15. The van der Waals surface area contributed by atoms with Crippen molar-refractivity contribution < 1.29 is 17.6 Å². The maximum absolute atomic E-state index is 13.8. The van der Waals surface area contributed by atoms with Gasteiger partial charge in [0.25, 0.3) is 0 Å². The van der Waals surface area contributed by atoms with Gasteiger partial charge in [-0.25, -0.2) is 17.1 Å². The lowest BCUT2D eigenvalue weighted by Gasteiger charge is -2.24. The van der Waals surface area contributed by atoms with Crippen LogP contribution in [0.3, 0.4) is 0 Å². The molecule has 0 aromatic heterocycles. The van der Waals surface area contributed by atoms with E-state index in [1.54, 1.807) is 23.1 Å². The Labute approximate surface area is 160 Å². The van der Waals surface area contributed by atoms with Gasteiger partial charge >= 0.3 is 0 Å². The Hall–Kier alpha value is -2.25. The van der Waals surface area contributed by atoms with Crippen LogP contribution in [0.1, 0.15) is 18.9 Å². The van der Waals surface area contributed by atoms with Crippen molar-refractivity contribution in [2.75, 3.05) is 30.8 Å². The summed E-state index contributed by atoms with van der Waals surface area (Å²) in [6.45, 7) is 2.56. The standard InChI is InChI=1S/C20H25FN2O3S/c1-3-23(18-10-5-4-6-11-18)20(24)14-16-22(27(2,25)26)15-13-17-9-7-8-12-19(17)21/h4-12H,3,13-16H2,1-2H3. The van der Waals surface area contributed by atoms with Crippen molar-refractivity contribution >= 4 is 21.6 Å². The lowest BCUT2D eigenvalue weighted by Crippen LogP contribution is -2.37. The highest BCUT2D eigenvalue weighted by molar-refractivity contribution is 7.88. The molecule has 0 saturated carbocycles. The van der Waals surface area contributed by atoms with Crippen LogP contribution >= 0.6 is 0 Å². The summed E-state index contributed by atoms with van der Waals surface area (Å²) >= 11 is 0. The predicted octanol–water partition coefficient (Wildman–Crippen LogP) is 3.07. The second-order valence-corrected chi connectivity index (χ2v) is 8.21. The van der Waals surface area contributed by atoms with Crippen molar-refractivity contribution in [1.29, 1.82) is 0 Å². The second-order valence-electron chi connectivity index (χ2n) is 6.23. The number of nitrogens with zero attached hydrogens (tertiary/aromatic N) is 2. The van der Waals surface area contributed by atoms with E-state index in [0.29, 0.717) is 12.1 Å². The third-order valence-corrected chi connectivity index (χ3v) is 5.62. The minimum Gasteiger partial charge on any atom is -0.313 e. The number of amides is 1. The smallest absolute Gasteiger partial charge is 0.228 e. The molecule has 5 nitrogen and oxygen atoms in total. The van der Waals surface area contributed by atoms with E-state index in [4.69, 9.17) is 0 Å². The van der Waals surface area contributed by atoms with Crippen LogP contribution in [-0.2, 0) is 21.2 Å². The molecule has 0 spiro atoms. The molecule has 7 heteroatoms. The average molecular weight is 392 g/mol. The Bertz CT molecular complexity index is 857. The topological polar surface area (TPSA) is 57.7 Å². The molecule has 0 radical (unpaired) electrons. The summed E-state index contributed by atoms with van der Waals surface area (Å²) < 4.78 is 39.1. The molecule has 2 aromatic rings. The molecule has 0 unspecified atom stereocenters. The van der Waals surface area contributed by atoms with Gasteiger partial charge in [-0.05, 0) is 37.1 Å². The molecule has 2 aromatic carbocycles. The lowest BCUT2D eigenvalue weighted by molar-refractivity contribution is -0.118. The minimum atomic E-state index is -3.50. The number of halogens is 1. The average Bonchev–Trinajstić information content (AvgIpc) is 2.63. The monoisotopic (exact) mass is 392 g/mol. The Morgan fingerprint density at radius 1 is 1.00 bits per heavy atom. The van der Waals surface area contributed by atoms with E-state index in [1.807, 2.05) is 37.3 Å². The van der Waals surface area contributed by atoms with Gasteiger partial charge in [-0.3, -0.25) is 4.79 Å². The maximum atomic E-state index is 13.8. The van der Waals surface area contributed by atoms with Crippen LogP contribution in [0.15, 0.2) is 54.6 Å². The highest BCUT2D eigenvalue weighted by Crippen LogP contribution is 2.15. The number of hydrogen-bond acceptors (Lipinski definition) is 3. The van der Waals surface area contributed by atoms with Crippen LogP contribution in [0.4, 0.5) is 10.1 Å². The third-order valence-electron chi connectivity index (χ3n) is 4.32. The van der Waals surface area contributed by atoms with E-state index < -0.39 is 10.0 Å². The Morgan fingerprint density at radius 3 is 2.22 bits per heavy atom. The maximum Gasteiger partial charge on any atom is 0.228 e. The van der Waals surface area contributed by atoms with E-state index in [1.165, 1.54) is 10.4 Å². The number of hydrogen-bond donors (Lipinski definition) is 0. The van der Waals surface area contributed by atoms with Crippen LogP contribution < -0.4 is 4.90 Å². The lowest BCUT2D eigenvalue weighted by atomic mass is 10.1. The van der Waals surface area contributed by atoms with Gasteiger partial charge in [0, 0.05) is 31.7 Å². The van der Waals surface area contributed by atoms with Crippen LogP contribution in [0.25, 0.3) is 0 Å². The molecule has 0 fully saturated rings. The van der Waals surface area contributed by atoms with Crippen molar-refractivity contribution in [3.05, 3.63) is 66.0 Å². The molecule has 146 valence electrons. The highest BCUT2D eigenvalue weighted by atomic mass is 32.2. The molecular weight excluding hydrogens is 367 g/mol. The van der Waals surface area contributed by atoms with E-state index in [2.05, 4.69) is 0 Å². The Morgan fingerprint density at radius 2 is 1.63 bits per heavy atom. The van der Waals surface area contributed by atoms with Gasteiger partial charge in [-0.1, -0.05) is 36.4 Å². The number of carbonyl (C=O) groups is 1. The van der Waals surface area contributed by atoms with Gasteiger partial charge in [0.05, 0.1) is 6.26 Å². The Kier molecular flexibility index (Phi) is 7.50. The molecule has 27 heavy (non-hydrogen) atoms. The van der Waals surface area contributed by atoms with Crippen LogP contribution in [0.5, 0.6) is 0 Å². The largest absolute Gasteiger partial charge is 0.313 e. The van der Waals surface area contributed by atoms with E-state index >= 15 is 0 Å². The highest BCUT2D eigenvalue weighted by Gasteiger charge is 2.21. The first-order chi connectivity index (χ1) is 12.8. The molecule has 0 atom stereocenters. The first kappa shape index (κ1) is 21.1. The Balaban J connectivity index is 2.02. The molecule has 0 saturated heterocycles. The molecule has 2 rings (SSSR count). The van der Waals surface area contributed by atoms with E-state index in [9.17, 15) is 17.6 Å². The molecule has 0 heterocycles. The zero-order chi connectivity index (χ0) is 19.9. The van der Waals surface area contributed by atoms with Crippen LogP contribution in [0, 0.1) is 5.82 Å². The summed E-state index contributed by atoms with van der Waals surface area (Å²) in [5.74, 6) is -0.508. The number of sulfonamides is 1. The predicted molar refractivity (Wildman–Crippen MR) is 106 cm³/mol. The van der Waals surface area contributed by atoms with Crippen LogP contribution in [-0.4, -0.2) is 44.5 Å². The SMILES string of the molecule is CCN(C(=O)CCN(CCc1ccccc1F)S(C)(=O)=O)c1ccccc1. The van der Waals surface area contributed by atoms with Gasteiger partial charge < -0.3 is 4.90 Å². The normalized spacial score (nSPS) is 11.6. The van der Waals surface area contributed by atoms with Crippen molar-refractivity contribution in [1.82, 2.24) is 4.31 Å². The number of carbonyl (C=O) groups excluding carboxylic acids is 1. The molecule has 0 aliphatic carbocycles. The summed E-state index contributed by atoms with van der Waals surface area (Å²) in [6.07, 6.45) is 1.42. The zero-order valence-corrected chi connectivity index (χ0v) is 16.5. The number of rotatable bonds is 9. The van der Waals surface area contributed by atoms with Gasteiger partial charge in [0.15, 0.2) is 0 Å². The number of para-hydroxylation sites is 1. The van der Waals surface area contributed by atoms with Gasteiger partial charge in [-0.2, -0.15) is 0 Å². The summed E-state index contributed by atoms with van der Waals surface area (Å²) in [7, 11) is -3.50. The van der Waals surface area contributed by atoms with Crippen molar-refractivity contribution in [2.24, 2.45) is 0 Å². The van der Waals surface area contributed by atoms with E-state index in [0.717, 1.165) is 11.9 Å². The first-order valence-electron chi connectivity index (χ1n) is 8.87. The van der Waals surface area contributed by atoms with E-state index in [-0.39, 0.29) is 37.7 Å². The minimum absolute atomic E-state index is 0.0626. The molecule has 0 aliphatic heterocycles. The fraction of sp³-hybridized carbons (Fsp3) is 0.350. The van der Waals surface area contributed by atoms with Crippen molar-refractivity contribution in [3.63, 3.8) is 0 Å². The summed E-state index contributed by atoms with van der Waals surface area (Å²) in [6, 6.07) is 15.5. The van der Waals surface area contributed by atoms with Gasteiger partial charge in [-0.15, -0.1) is 0 Å². The fourth-order valence-electron chi connectivity index (χ4n) is 2.86. The second kappa shape index (κ2) is 9.62. The number of anilines is 1. The van der Waals surface area contributed by atoms with Gasteiger partial charge in [0.2, 0.25) is 15.9 Å². The molecule has 0 N–H and O–H groups in total.